The predicted molar refractivity (Wildman–Crippen MR) is 83.3 cm³/mol. The van der Waals surface area contributed by atoms with Crippen LogP contribution in [0.25, 0.3) is 0 Å². The Bertz CT molecular complexity index is 522. The molecule has 0 spiro atoms. The second kappa shape index (κ2) is 6.87. The average molecular weight is 311 g/mol. The zero-order chi connectivity index (χ0) is 14.5. The number of benzene rings is 2. The van der Waals surface area contributed by atoms with Crippen LogP contribution >= 0.6 is 23.2 Å². The Morgan fingerprint density at radius 3 is 1.50 bits per heavy atom. The molecule has 2 aromatic rings. The van der Waals surface area contributed by atoms with Gasteiger partial charge in [-0.05, 0) is 12.1 Å². The molecule has 0 radical (unpaired) electrons. The Kier molecular flexibility index (Phi) is 5.16. The van der Waals surface area contributed by atoms with Crippen LogP contribution < -0.4 is 9.47 Å². The van der Waals surface area contributed by atoms with E-state index in [1.807, 2.05) is 48.5 Å². The monoisotopic (exact) mass is 310 g/mol. The maximum absolute atomic E-state index is 6.23. The van der Waals surface area contributed by atoms with E-state index in [4.69, 9.17) is 32.7 Å². The van der Waals surface area contributed by atoms with E-state index in [1.165, 1.54) is 0 Å². The number of halogens is 2. The van der Waals surface area contributed by atoms with E-state index in [9.17, 15) is 0 Å². The van der Waals surface area contributed by atoms with Crippen LogP contribution in [-0.2, 0) is 0 Å². The number of rotatable bonds is 5. The van der Waals surface area contributed by atoms with Gasteiger partial charge in [0.25, 0.3) is 0 Å². The van der Waals surface area contributed by atoms with Crippen LogP contribution in [0.3, 0.4) is 0 Å². The molecule has 2 rings (SSSR count). The van der Waals surface area contributed by atoms with Gasteiger partial charge in [-0.1, -0.05) is 36.4 Å². The van der Waals surface area contributed by atoms with Gasteiger partial charge in [-0.3, -0.25) is 0 Å². The van der Waals surface area contributed by atoms with Crippen molar-refractivity contribution in [1.82, 2.24) is 0 Å². The van der Waals surface area contributed by atoms with Crippen LogP contribution in [0.2, 0.25) is 0 Å². The van der Waals surface area contributed by atoms with Crippen LogP contribution in [-0.4, -0.2) is 19.1 Å². The summed E-state index contributed by atoms with van der Waals surface area (Å²) in [5, 5.41) is 0. The third kappa shape index (κ3) is 3.02. The van der Waals surface area contributed by atoms with Crippen molar-refractivity contribution in [2.45, 2.75) is 10.8 Å². The first kappa shape index (κ1) is 15.0. The molecule has 20 heavy (non-hydrogen) atoms. The molecular weight excluding hydrogens is 295 g/mol. The van der Waals surface area contributed by atoms with Gasteiger partial charge in [0.05, 0.1) is 14.2 Å². The molecule has 0 saturated carbocycles. The molecule has 0 amide bonds. The van der Waals surface area contributed by atoms with E-state index in [2.05, 4.69) is 0 Å². The number of methoxy groups -OCH3 is 2. The second-order valence-corrected chi connectivity index (χ2v) is 5.46. The lowest BCUT2D eigenvalue weighted by Crippen LogP contribution is -2.12. The van der Waals surface area contributed by atoms with Gasteiger partial charge in [0.2, 0.25) is 0 Å². The highest BCUT2D eigenvalue weighted by molar-refractivity contribution is 6.45. The SMILES string of the molecule is COc1ccccc1C(c1ccccc1OC)C(Cl)Cl. The topological polar surface area (TPSA) is 18.5 Å². The largest absolute Gasteiger partial charge is 0.496 e. The maximum Gasteiger partial charge on any atom is 0.122 e. The van der Waals surface area contributed by atoms with Gasteiger partial charge in [-0.2, -0.15) is 0 Å². The van der Waals surface area contributed by atoms with E-state index in [1.54, 1.807) is 14.2 Å². The van der Waals surface area contributed by atoms with Crippen molar-refractivity contribution in [3.8, 4) is 11.5 Å². The zero-order valence-electron chi connectivity index (χ0n) is 11.3. The van der Waals surface area contributed by atoms with E-state index in [0.717, 1.165) is 22.6 Å². The third-order valence-corrected chi connectivity index (χ3v) is 3.70. The molecular formula is C16H16Cl2O2. The molecule has 0 heterocycles. The first-order valence-corrected chi connectivity index (χ1v) is 7.10. The van der Waals surface area contributed by atoms with E-state index < -0.39 is 4.84 Å². The minimum Gasteiger partial charge on any atom is -0.496 e. The summed E-state index contributed by atoms with van der Waals surface area (Å²) in [6.45, 7) is 0. The van der Waals surface area contributed by atoms with Crippen LogP contribution in [0.5, 0.6) is 11.5 Å². The van der Waals surface area contributed by atoms with Crippen LogP contribution in [0.15, 0.2) is 48.5 Å². The lowest BCUT2D eigenvalue weighted by atomic mass is 9.91. The van der Waals surface area contributed by atoms with E-state index >= 15 is 0 Å². The predicted octanol–water partition coefficient (Wildman–Crippen LogP) is 4.64. The molecule has 4 heteroatoms. The summed E-state index contributed by atoms with van der Waals surface area (Å²) in [5.74, 6) is 1.30. The lowest BCUT2D eigenvalue weighted by molar-refractivity contribution is 0.401. The van der Waals surface area contributed by atoms with Crippen molar-refractivity contribution in [3.63, 3.8) is 0 Å². The Morgan fingerprint density at radius 2 is 1.15 bits per heavy atom. The van der Waals surface area contributed by atoms with Crippen LogP contribution in [0.4, 0.5) is 0 Å². The van der Waals surface area contributed by atoms with Gasteiger partial charge in [0.15, 0.2) is 0 Å². The number of para-hydroxylation sites is 2. The standard InChI is InChI=1S/C16H16Cl2O2/c1-19-13-9-5-3-7-11(13)15(16(17)18)12-8-4-6-10-14(12)20-2/h3-10,15-16H,1-2H3. The van der Waals surface area contributed by atoms with E-state index in [-0.39, 0.29) is 5.92 Å². The van der Waals surface area contributed by atoms with Crippen LogP contribution in [0.1, 0.15) is 17.0 Å². The molecule has 0 aliphatic heterocycles. The average Bonchev–Trinajstić information content (AvgIpc) is 2.48. The molecule has 2 aromatic carbocycles. The van der Waals surface area contributed by atoms with Gasteiger partial charge in [0.1, 0.15) is 16.3 Å². The molecule has 0 fully saturated rings. The normalized spacial score (nSPS) is 10.9. The van der Waals surface area contributed by atoms with Gasteiger partial charge in [0, 0.05) is 17.0 Å². The Hall–Kier alpha value is -1.38. The Morgan fingerprint density at radius 1 is 0.750 bits per heavy atom. The Labute approximate surface area is 129 Å². The molecule has 0 N–H and O–H groups in total. The van der Waals surface area contributed by atoms with Crippen molar-refractivity contribution in [2.24, 2.45) is 0 Å². The highest BCUT2D eigenvalue weighted by Crippen LogP contribution is 2.41. The fourth-order valence-corrected chi connectivity index (χ4v) is 2.83. The van der Waals surface area contributed by atoms with Gasteiger partial charge < -0.3 is 9.47 Å². The summed E-state index contributed by atoms with van der Waals surface area (Å²) in [6.07, 6.45) is 0. The van der Waals surface area contributed by atoms with Crippen molar-refractivity contribution in [2.75, 3.05) is 14.2 Å². The highest BCUT2D eigenvalue weighted by Gasteiger charge is 2.26. The molecule has 0 aromatic heterocycles. The minimum absolute atomic E-state index is 0.217. The number of ether oxygens (including phenoxy) is 2. The first-order valence-electron chi connectivity index (χ1n) is 6.23. The molecule has 0 aliphatic rings. The minimum atomic E-state index is -0.609. The summed E-state index contributed by atoms with van der Waals surface area (Å²) in [7, 11) is 3.27. The molecule has 2 nitrogen and oxygen atoms in total. The fraction of sp³-hybridized carbons (Fsp3) is 0.250. The molecule has 0 saturated heterocycles. The Balaban J connectivity index is 2.57. The third-order valence-electron chi connectivity index (χ3n) is 3.20. The zero-order valence-corrected chi connectivity index (χ0v) is 12.9. The van der Waals surface area contributed by atoms with Crippen molar-refractivity contribution in [3.05, 3.63) is 59.7 Å². The van der Waals surface area contributed by atoms with Crippen LogP contribution in [0, 0.1) is 0 Å². The highest BCUT2D eigenvalue weighted by atomic mass is 35.5. The maximum atomic E-state index is 6.23. The van der Waals surface area contributed by atoms with Crippen molar-refractivity contribution in [1.29, 1.82) is 0 Å². The van der Waals surface area contributed by atoms with Crippen molar-refractivity contribution >= 4 is 23.2 Å². The summed E-state index contributed by atoms with van der Waals surface area (Å²) < 4.78 is 10.8. The molecule has 0 atom stereocenters. The number of hydrogen-bond donors (Lipinski definition) is 0. The first-order chi connectivity index (χ1) is 9.69. The molecule has 0 bridgehead atoms. The summed E-state index contributed by atoms with van der Waals surface area (Å²) in [4.78, 5) is -0.609. The lowest BCUT2D eigenvalue weighted by Gasteiger charge is -2.23. The fourth-order valence-electron chi connectivity index (χ4n) is 2.29. The van der Waals surface area contributed by atoms with Crippen molar-refractivity contribution < 1.29 is 9.47 Å². The van der Waals surface area contributed by atoms with E-state index in [0.29, 0.717) is 0 Å². The summed E-state index contributed by atoms with van der Waals surface area (Å²) >= 11 is 12.5. The molecule has 106 valence electrons. The quantitative estimate of drug-likeness (QED) is 0.749. The van der Waals surface area contributed by atoms with Gasteiger partial charge in [-0.25, -0.2) is 0 Å². The summed E-state index contributed by atoms with van der Waals surface area (Å²) in [5.41, 5.74) is 1.88. The second-order valence-electron chi connectivity index (χ2n) is 4.30. The van der Waals surface area contributed by atoms with Gasteiger partial charge in [-0.15, -0.1) is 23.2 Å². The molecule has 0 aliphatic carbocycles. The number of alkyl halides is 2. The smallest absolute Gasteiger partial charge is 0.122 e. The van der Waals surface area contributed by atoms with Gasteiger partial charge >= 0.3 is 0 Å². The molecule has 0 unspecified atom stereocenters. The summed E-state index contributed by atoms with van der Waals surface area (Å²) in [6, 6.07) is 15.4. The number of hydrogen-bond acceptors (Lipinski definition) is 2.